The summed E-state index contributed by atoms with van der Waals surface area (Å²) in [6.45, 7) is 4.51. The number of hydrogen-bond donors (Lipinski definition) is 1. The average molecular weight is 379 g/mol. The van der Waals surface area contributed by atoms with Crippen LogP contribution in [0, 0.1) is 5.92 Å². The first-order chi connectivity index (χ1) is 13.6. The number of likely N-dealkylation sites (N-methyl/N-ethyl adjacent to an activating group) is 1. The molecule has 2 aliphatic rings. The number of anilines is 3. The number of nitrogens with zero attached hydrogens (tertiary/aromatic N) is 2. The third-order valence-corrected chi connectivity index (χ3v) is 5.61. The fourth-order valence-electron chi connectivity index (χ4n) is 3.99. The highest BCUT2D eigenvalue weighted by Crippen LogP contribution is 2.32. The van der Waals surface area contributed by atoms with Gasteiger partial charge in [0.2, 0.25) is 11.8 Å². The number of nitrogens with one attached hydrogen (secondary N) is 1. The number of ether oxygens (including phenoxy) is 1. The minimum absolute atomic E-state index is 0.0311. The van der Waals surface area contributed by atoms with E-state index >= 15 is 0 Å². The van der Waals surface area contributed by atoms with Crippen molar-refractivity contribution in [1.82, 2.24) is 0 Å². The van der Waals surface area contributed by atoms with Gasteiger partial charge in [-0.05, 0) is 55.3 Å². The maximum absolute atomic E-state index is 12.8. The molecule has 2 aromatic rings. The monoisotopic (exact) mass is 379 g/mol. The molecule has 0 aromatic heterocycles. The highest BCUT2D eigenvalue weighted by Gasteiger charge is 2.35. The fraction of sp³-hybridized carbons (Fsp3) is 0.364. The van der Waals surface area contributed by atoms with Crippen LogP contribution in [0.5, 0.6) is 5.75 Å². The third-order valence-electron chi connectivity index (χ3n) is 5.61. The number of carbonyl (C=O) groups is 2. The minimum atomic E-state index is -0.356. The molecule has 2 heterocycles. The third kappa shape index (κ3) is 3.42. The fourth-order valence-corrected chi connectivity index (χ4v) is 3.99. The molecule has 1 atom stereocenters. The second-order valence-electron chi connectivity index (χ2n) is 7.27. The second kappa shape index (κ2) is 7.54. The molecule has 1 unspecified atom stereocenters. The van der Waals surface area contributed by atoms with Gasteiger partial charge >= 0.3 is 0 Å². The summed E-state index contributed by atoms with van der Waals surface area (Å²) in [6, 6.07) is 13.4. The molecule has 146 valence electrons. The average Bonchev–Trinajstić information content (AvgIpc) is 3.31. The van der Waals surface area contributed by atoms with Crippen LogP contribution in [0.4, 0.5) is 17.1 Å². The van der Waals surface area contributed by atoms with E-state index in [1.165, 1.54) is 11.3 Å². The van der Waals surface area contributed by atoms with Crippen molar-refractivity contribution in [1.29, 1.82) is 0 Å². The molecule has 1 saturated heterocycles. The molecule has 0 radical (unpaired) electrons. The molecule has 4 rings (SSSR count). The van der Waals surface area contributed by atoms with E-state index in [0.717, 1.165) is 36.6 Å². The predicted octanol–water partition coefficient (Wildman–Crippen LogP) is 3.07. The van der Waals surface area contributed by atoms with Gasteiger partial charge in [0.1, 0.15) is 5.75 Å². The van der Waals surface area contributed by atoms with Crippen LogP contribution in [-0.4, -0.2) is 38.6 Å². The maximum atomic E-state index is 12.8. The summed E-state index contributed by atoms with van der Waals surface area (Å²) < 4.78 is 5.16. The van der Waals surface area contributed by atoms with Crippen LogP contribution in [0.25, 0.3) is 0 Å². The van der Waals surface area contributed by atoms with Gasteiger partial charge in [-0.15, -0.1) is 0 Å². The Balaban J connectivity index is 1.44. The van der Waals surface area contributed by atoms with E-state index in [1.54, 1.807) is 12.0 Å². The summed E-state index contributed by atoms with van der Waals surface area (Å²) in [6.07, 6.45) is 1.27. The van der Waals surface area contributed by atoms with Gasteiger partial charge in [-0.25, -0.2) is 0 Å². The number of methoxy groups -OCH3 is 1. The molecule has 1 fully saturated rings. The topological polar surface area (TPSA) is 61.9 Å². The Morgan fingerprint density at radius 3 is 2.71 bits per heavy atom. The number of benzene rings is 2. The highest BCUT2D eigenvalue weighted by atomic mass is 16.5. The van der Waals surface area contributed by atoms with Gasteiger partial charge < -0.3 is 19.9 Å². The molecule has 0 saturated carbocycles. The quantitative estimate of drug-likeness (QED) is 0.867. The van der Waals surface area contributed by atoms with Crippen molar-refractivity contribution in [2.75, 3.05) is 41.9 Å². The Bertz CT molecular complexity index is 894. The highest BCUT2D eigenvalue weighted by molar-refractivity contribution is 6.03. The summed E-state index contributed by atoms with van der Waals surface area (Å²) in [5, 5.41) is 3.00. The van der Waals surface area contributed by atoms with Crippen molar-refractivity contribution < 1.29 is 14.3 Å². The van der Waals surface area contributed by atoms with Crippen LogP contribution in [0.2, 0.25) is 0 Å². The molecule has 0 aliphatic carbocycles. The molecule has 2 aromatic carbocycles. The van der Waals surface area contributed by atoms with Crippen molar-refractivity contribution >= 4 is 28.9 Å². The second-order valence-corrected chi connectivity index (χ2v) is 7.27. The molecular formula is C22H25N3O3. The van der Waals surface area contributed by atoms with Gasteiger partial charge in [0.05, 0.1) is 13.0 Å². The number of fused-ring (bicyclic) bond motifs is 1. The molecule has 0 bridgehead atoms. The predicted molar refractivity (Wildman–Crippen MR) is 110 cm³/mol. The van der Waals surface area contributed by atoms with E-state index < -0.39 is 0 Å². The molecule has 6 heteroatoms. The van der Waals surface area contributed by atoms with E-state index in [4.69, 9.17) is 4.74 Å². The lowest BCUT2D eigenvalue weighted by Gasteiger charge is -2.18. The van der Waals surface area contributed by atoms with E-state index in [-0.39, 0.29) is 24.2 Å². The summed E-state index contributed by atoms with van der Waals surface area (Å²) in [4.78, 5) is 29.2. The van der Waals surface area contributed by atoms with Crippen LogP contribution < -0.4 is 19.9 Å². The van der Waals surface area contributed by atoms with Gasteiger partial charge in [-0.2, -0.15) is 0 Å². The van der Waals surface area contributed by atoms with Gasteiger partial charge in [-0.1, -0.05) is 6.07 Å². The summed E-state index contributed by atoms with van der Waals surface area (Å²) >= 11 is 0. The SMILES string of the molecule is CCN1CCc2ccc(NC(=O)C3CC(=O)N(c4ccc(OC)cc4)C3)cc21. The van der Waals surface area contributed by atoms with Gasteiger partial charge in [0.15, 0.2) is 0 Å². The number of carbonyl (C=O) groups excluding carboxylic acids is 2. The van der Waals surface area contributed by atoms with Gasteiger partial charge in [-0.3, -0.25) is 9.59 Å². The molecular weight excluding hydrogens is 354 g/mol. The van der Waals surface area contributed by atoms with Crippen LogP contribution in [0.15, 0.2) is 42.5 Å². The Morgan fingerprint density at radius 2 is 2.00 bits per heavy atom. The largest absolute Gasteiger partial charge is 0.497 e. The number of hydrogen-bond acceptors (Lipinski definition) is 4. The van der Waals surface area contributed by atoms with E-state index in [2.05, 4.69) is 23.2 Å². The molecule has 1 N–H and O–H groups in total. The summed E-state index contributed by atoms with van der Waals surface area (Å²) in [5.41, 5.74) is 4.10. The van der Waals surface area contributed by atoms with Crippen LogP contribution >= 0.6 is 0 Å². The summed E-state index contributed by atoms with van der Waals surface area (Å²) in [5.74, 6) is 0.245. The molecule has 2 aliphatic heterocycles. The normalized spacial score (nSPS) is 18.4. The zero-order valence-electron chi connectivity index (χ0n) is 16.3. The maximum Gasteiger partial charge on any atom is 0.229 e. The molecule has 6 nitrogen and oxygen atoms in total. The number of amides is 2. The lowest BCUT2D eigenvalue weighted by molar-refractivity contribution is -0.122. The van der Waals surface area contributed by atoms with Crippen molar-refractivity contribution in [3.05, 3.63) is 48.0 Å². The van der Waals surface area contributed by atoms with Crippen LogP contribution in [0.3, 0.4) is 0 Å². The zero-order valence-corrected chi connectivity index (χ0v) is 16.3. The van der Waals surface area contributed by atoms with Crippen LogP contribution in [-0.2, 0) is 16.0 Å². The van der Waals surface area contributed by atoms with Crippen molar-refractivity contribution in [3.63, 3.8) is 0 Å². The first-order valence-electron chi connectivity index (χ1n) is 9.72. The van der Waals surface area contributed by atoms with E-state index in [0.29, 0.717) is 6.54 Å². The van der Waals surface area contributed by atoms with Crippen molar-refractivity contribution in [2.45, 2.75) is 19.8 Å². The van der Waals surface area contributed by atoms with E-state index in [1.807, 2.05) is 36.4 Å². The van der Waals surface area contributed by atoms with Gasteiger partial charge in [0.25, 0.3) is 0 Å². The Hall–Kier alpha value is -3.02. The first kappa shape index (κ1) is 18.3. The minimum Gasteiger partial charge on any atom is -0.497 e. The number of rotatable bonds is 5. The standard InChI is InChI=1S/C22H25N3O3/c1-3-24-11-10-15-4-5-17(13-20(15)24)23-22(27)16-12-21(26)25(14-16)18-6-8-19(28-2)9-7-18/h4-9,13,16H,3,10-12,14H2,1-2H3,(H,23,27). The molecule has 0 spiro atoms. The Kier molecular flexibility index (Phi) is 4.94. The van der Waals surface area contributed by atoms with Gasteiger partial charge in [0, 0.05) is 43.1 Å². The first-order valence-corrected chi connectivity index (χ1v) is 9.72. The van der Waals surface area contributed by atoms with E-state index in [9.17, 15) is 9.59 Å². The summed E-state index contributed by atoms with van der Waals surface area (Å²) in [7, 11) is 1.61. The Labute approximate surface area is 165 Å². The van der Waals surface area contributed by atoms with Crippen LogP contribution in [0.1, 0.15) is 18.9 Å². The Morgan fingerprint density at radius 1 is 1.21 bits per heavy atom. The lowest BCUT2D eigenvalue weighted by atomic mass is 10.1. The molecule has 28 heavy (non-hydrogen) atoms. The molecule has 2 amide bonds. The van der Waals surface area contributed by atoms with Crippen molar-refractivity contribution in [3.8, 4) is 5.75 Å². The lowest BCUT2D eigenvalue weighted by Crippen LogP contribution is -2.28. The zero-order chi connectivity index (χ0) is 19.7. The smallest absolute Gasteiger partial charge is 0.229 e. The van der Waals surface area contributed by atoms with Crippen molar-refractivity contribution in [2.24, 2.45) is 5.92 Å².